The van der Waals surface area contributed by atoms with Crippen molar-refractivity contribution in [3.8, 4) is 0 Å². The SMILES string of the molecule is CCOC(=O)CC(N1CC(S(N)(=O)=O)CC1=O)C(F)(F)F. The van der Waals surface area contributed by atoms with Gasteiger partial charge in [-0.3, -0.25) is 9.59 Å². The van der Waals surface area contributed by atoms with Gasteiger partial charge in [-0.05, 0) is 6.92 Å². The van der Waals surface area contributed by atoms with Gasteiger partial charge in [0.1, 0.15) is 11.3 Å². The third-order valence-corrected chi connectivity index (χ3v) is 4.25. The zero-order valence-electron chi connectivity index (χ0n) is 11.1. The first-order valence-corrected chi connectivity index (χ1v) is 7.61. The number of carbonyl (C=O) groups excluding carboxylic acids is 2. The van der Waals surface area contributed by atoms with Crippen LogP contribution in [0.25, 0.3) is 0 Å². The fraction of sp³-hybridized carbons (Fsp3) is 0.800. The third kappa shape index (κ3) is 4.56. The Hall–Kier alpha value is -1.36. The second kappa shape index (κ2) is 6.18. The van der Waals surface area contributed by atoms with E-state index in [1.165, 1.54) is 6.92 Å². The summed E-state index contributed by atoms with van der Waals surface area (Å²) in [4.78, 5) is 23.2. The summed E-state index contributed by atoms with van der Waals surface area (Å²) >= 11 is 0. The molecule has 2 atom stereocenters. The molecule has 0 aliphatic carbocycles. The molecular formula is C10H15F3N2O5S. The Labute approximate surface area is 119 Å². The van der Waals surface area contributed by atoms with Crippen LogP contribution in [0.15, 0.2) is 0 Å². The van der Waals surface area contributed by atoms with Gasteiger partial charge in [-0.2, -0.15) is 13.2 Å². The molecule has 122 valence electrons. The number of nitrogens with two attached hydrogens (primary N) is 1. The molecule has 2 N–H and O–H groups in total. The maximum atomic E-state index is 13.0. The summed E-state index contributed by atoms with van der Waals surface area (Å²) in [6.07, 6.45) is -6.59. The average Bonchev–Trinajstić information content (AvgIpc) is 2.66. The van der Waals surface area contributed by atoms with Crippen LogP contribution in [0.2, 0.25) is 0 Å². The van der Waals surface area contributed by atoms with Gasteiger partial charge >= 0.3 is 12.1 Å². The van der Waals surface area contributed by atoms with E-state index in [0.717, 1.165) is 0 Å². The summed E-state index contributed by atoms with van der Waals surface area (Å²) in [5.74, 6) is -2.13. The monoisotopic (exact) mass is 332 g/mol. The second-order valence-electron chi connectivity index (χ2n) is 4.53. The molecule has 0 radical (unpaired) electrons. The van der Waals surface area contributed by atoms with Crippen LogP contribution >= 0.6 is 0 Å². The minimum Gasteiger partial charge on any atom is -0.466 e. The molecular weight excluding hydrogens is 317 g/mol. The van der Waals surface area contributed by atoms with Crippen LogP contribution in [0.5, 0.6) is 0 Å². The molecule has 1 aliphatic rings. The molecule has 7 nitrogen and oxygen atoms in total. The highest BCUT2D eigenvalue weighted by Crippen LogP contribution is 2.31. The van der Waals surface area contributed by atoms with Crippen molar-refractivity contribution in [1.82, 2.24) is 4.90 Å². The molecule has 0 aromatic carbocycles. The highest BCUT2D eigenvalue weighted by Gasteiger charge is 2.51. The Morgan fingerprint density at radius 2 is 2.10 bits per heavy atom. The first-order valence-electron chi connectivity index (χ1n) is 6.00. The van der Waals surface area contributed by atoms with E-state index in [0.29, 0.717) is 4.90 Å². The van der Waals surface area contributed by atoms with Gasteiger partial charge in [0.15, 0.2) is 0 Å². The number of likely N-dealkylation sites (tertiary alicyclic amines) is 1. The molecule has 2 unspecified atom stereocenters. The van der Waals surface area contributed by atoms with E-state index in [2.05, 4.69) is 4.74 Å². The van der Waals surface area contributed by atoms with Crippen molar-refractivity contribution in [2.75, 3.05) is 13.2 Å². The number of rotatable bonds is 5. The summed E-state index contributed by atoms with van der Waals surface area (Å²) in [5, 5.41) is 3.44. The third-order valence-electron chi connectivity index (χ3n) is 3.01. The van der Waals surface area contributed by atoms with E-state index < -0.39 is 58.8 Å². The molecule has 1 aliphatic heterocycles. The highest BCUT2D eigenvalue weighted by atomic mass is 32.2. The fourth-order valence-corrected chi connectivity index (χ4v) is 2.74. The van der Waals surface area contributed by atoms with Crippen LogP contribution in [-0.2, 0) is 24.3 Å². The average molecular weight is 332 g/mol. The van der Waals surface area contributed by atoms with Crippen molar-refractivity contribution in [1.29, 1.82) is 0 Å². The molecule has 1 heterocycles. The summed E-state index contributed by atoms with van der Waals surface area (Å²) in [7, 11) is -4.13. The summed E-state index contributed by atoms with van der Waals surface area (Å²) in [6.45, 7) is 0.636. The zero-order valence-corrected chi connectivity index (χ0v) is 11.9. The normalized spacial score (nSPS) is 21.5. The smallest absolute Gasteiger partial charge is 0.409 e. The number of ether oxygens (including phenoxy) is 1. The summed E-state index contributed by atoms with van der Waals surface area (Å²) < 4.78 is 65.7. The molecule has 0 bridgehead atoms. The maximum Gasteiger partial charge on any atom is 0.409 e. The first kappa shape index (κ1) is 17.7. The van der Waals surface area contributed by atoms with Crippen molar-refractivity contribution in [3.05, 3.63) is 0 Å². The Kier molecular flexibility index (Phi) is 5.20. The number of carbonyl (C=O) groups is 2. The number of halogens is 3. The Bertz CT molecular complexity index is 519. The number of hydrogen-bond donors (Lipinski definition) is 1. The number of amides is 1. The molecule has 11 heteroatoms. The molecule has 0 spiro atoms. The van der Waals surface area contributed by atoms with E-state index >= 15 is 0 Å². The van der Waals surface area contributed by atoms with Crippen LogP contribution in [-0.4, -0.2) is 55.8 Å². The minimum absolute atomic E-state index is 0.100. The van der Waals surface area contributed by atoms with Crippen molar-refractivity contribution < 1.29 is 35.9 Å². The molecule has 1 fully saturated rings. The van der Waals surface area contributed by atoms with Crippen LogP contribution in [0, 0.1) is 0 Å². The summed E-state index contributed by atoms with van der Waals surface area (Å²) in [6, 6.07) is -2.42. The van der Waals surface area contributed by atoms with E-state index in [9.17, 15) is 31.2 Å². The highest BCUT2D eigenvalue weighted by molar-refractivity contribution is 7.89. The predicted octanol–water partition coefficient (Wildman–Crippen LogP) is -0.240. The van der Waals surface area contributed by atoms with Crippen LogP contribution in [0.1, 0.15) is 19.8 Å². The van der Waals surface area contributed by atoms with E-state index in [1.54, 1.807) is 0 Å². The van der Waals surface area contributed by atoms with Gasteiger partial charge in [-0.25, -0.2) is 13.6 Å². The number of alkyl halides is 3. The lowest BCUT2D eigenvalue weighted by atomic mass is 10.1. The van der Waals surface area contributed by atoms with Crippen LogP contribution in [0.3, 0.4) is 0 Å². The Morgan fingerprint density at radius 1 is 1.52 bits per heavy atom. The number of hydrogen-bond acceptors (Lipinski definition) is 5. The van der Waals surface area contributed by atoms with Crippen LogP contribution in [0.4, 0.5) is 13.2 Å². The van der Waals surface area contributed by atoms with Gasteiger partial charge < -0.3 is 9.64 Å². The predicted molar refractivity (Wildman–Crippen MR) is 64.3 cm³/mol. The quantitative estimate of drug-likeness (QED) is 0.699. The van der Waals surface area contributed by atoms with E-state index in [1.807, 2.05) is 0 Å². The van der Waals surface area contributed by atoms with Gasteiger partial charge in [0, 0.05) is 13.0 Å². The molecule has 0 saturated carbocycles. The van der Waals surface area contributed by atoms with Gasteiger partial charge in [0.2, 0.25) is 15.9 Å². The number of esters is 1. The van der Waals surface area contributed by atoms with Gasteiger partial charge in [-0.15, -0.1) is 0 Å². The molecule has 1 amide bonds. The Morgan fingerprint density at radius 3 is 2.48 bits per heavy atom. The van der Waals surface area contributed by atoms with Gasteiger partial charge in [-0.1, -0.05) is 0 Å². The molecule has 0 aromatic heterocycles. The van der Waals surface area contributed by atoms with Crippen molar-refractivity contribution in [2.24, 2.45) is 5.14 Å². The Balaban J connectivity index is 2.95. The molecule has 21 heavy (non-hydrogen) atoms. The van der Waals surface area contributed by atoms with Crippen LogP contribution < -0.4 is 5.14 Å². The number of sulfonamides is 1. The lowest BCUT2D eigenvalue weighted by Gasteiger charge is -2.29. The standard InChI is InChI=1S/C10H15F3N2O5S/c1-2-20-9(17)4-7(10(11,12)13)15-5-6(3-8(15)16)21(14,18)19/h6-7H,2-5H2,1H3,(H2,14,18,19). The zero-order chi connectivity index (χ0) is 16.4. The van der Waals surface area contributed by atoms with E-state index in [4.69, 9.17) is 5.14 Å². The van der Waals surface area contributed by atoms with Crippen molar-refractivity contribution >= 4 is 21.9 Å². The molecule has 0 aromatic rings. The van der Waals surface area contributed by atoms with Gasteiger partial charge in [0.25, 0.3) is 0 Å². The van der Waals surface area contributed by atoms with Crippen molar-refractivity contribution in [2.45, 2.75) is 37.2 Å². The lowest BCUT2D eigenvalue weighted by molar-refractivity contribution is -0.192. The molecule has 1 saturated heterocycles. The molecule has 1 rings (SSSR count). The fourth-order valence-electron chi connectivity index (χ4n) is 2.00. The number of primary sulfonamides is 1. The topological polar surface area (TPSA) is 107 Å². The van der Waals surface area contributed by atoms with E-state index in [-0.39, 0.29) is 6.61 Å². The summed E-state index contributed by atoms with van der Waals surface area (Å²) in [5.41, 5.74) is 0. The number of nitrogens with zero attached hydrogens (tertiary/aromatic N) is 1. The first-order chi connectivity index (χ1) is 9.46. The van der Waals surface area contributed by atoms with Crippen molar-refractivity contribution in [3.63, 3.8) is 0 Å². The van der Waals surface area contributed by atoms with Gasteiger partial charge in [0.05, 0.1) is 13.0 Å². The second-order valence-corrected chi connectivity index (χ2v) is 6.37. The largest absolute Gasteiger partial charge is 0.466 e. The lowest BCUT2D eigenvalue weighted by Crippen LogP contribution is -2.48. The maximum absolute atomic E-state index is 13.0. The minimum atomic E-state index is -4.88.